The number of hydrogen-bond acceptors (Lipinski definition) is 3. The van der Waals surface area contributed by atoms with Gasteiger partial charge < -0.3 is 15.6 Å². The van der Waals surface area contributed by atoms with Gasteiger partial charge in [0.05, 0.1) is 6.61 Å². The van der Waals surface area contributed by atoms with Crippen LogP contribution in [0.4, 0.5) is 5.69 Å². The van der Waals surface area contributed by atoms with Gasteiger partial charge in [-0.1, -0.05) is 18.2 Å². The van der Waals surface area contributed by atoms with Crippen molar-refractivity contribution in [2.45, 2.75) is 13.2 Å². The number of benzene rings is 2. The molecule has 94 valence electrons. The molecule has 0 saturated heterocycles. The number of hydrogen-bond donors (Lipinski definition) is 2. The van der Waals surface area contributed by atoms with Crippen LogP contribution in [0.1, 0.15) is 11.1 Å². The van der Waals surface area contributed by atoms with Gasteiger partial charge in [0.25, 0.3) is 0 Å². The minimum absolute atomic E-state index is 0.0452. The monoisotopic (exact) mass is 307 g/mol. The summed E-state index contributed by atoms with van der Waals surface area (Å²) in [5.41, 5.74) is 8.38. The third kappa shape index (κ3) is 3.24. The van der Waals surface area contributed by atoms with Crippen LogP contribution in [0.3, 0.4) is 0 Å². The molecular weight excluding hydrogens is 294 g/mol. The Morgan fingerprint density at radius 2 is 1.72 bits per heavy atom. The van der Waals surface area contributed by atoms with Gasteiger partial charge in [-0.3, -0.25) is 0 Å². The fraction of sp³-hybridized carbons (Fsp3) is 0.143. The van der Waals surface area contributed by atoms with Crippen molar-refractivity contribution in [3.8, 4) is 5.75 Å². The maximum Gasteiger partial charge on any atom is 0.119 e. The van der Waals surface area contributed by atoms with Crippen LogP contribution in [-0.2, 0) is 13.2 Å². The molecule has 0 fully saturated rings. The zero-order chi connectivity index (χ0) is 13.0. The molecule has 0 aliphatic heterocycles. The largest absolute Gasteiger partial charge is 0.489 e. The van der Waals surface area contributed by atoms with Gasteiger partial charge in [-0.15, -0.1) is 0 Å². The van der Waals surface area contributed by atoms with E-state index in [0.717, 1.165) is 21.3 Å². The predicted molar refractivity (Wildman–Crippen MR) is 75.3 cm³/mol. The lowest BCUT2D eigenvalue weighted by molar-refractivity contribution is 0.280. The van der Waals surface area contributed by atoms with E-state index in [1.54, 1.807) is 0 Å². The van der Waals surface area contributed by atoms with Gasteiger partial charge in [0, 0.05) is 10.2 Å². The fourth-order valence-electron chi connectivity index (χ4n) is 1.54. The van der Waals surface area contributed by atoms with Crippen LogP contribution >= 0.6 is 15.9 Å². The van der Waals surface area contributed by atoms with Crippen LogP contribution in [0.5, 0.6) is 5.75 Å². The second-order valence-electron chi connectivity index (χ2n) is 3.95. The molecule has 0 radical (unpaired) electrons. The molecule has 4 heteroatoms. The van der Waals surface area contributed by atoms with Crippen molar-refractivity contribution < 1.29 is 9.84 Å². The second kappa shape index (κ2) is 5.89. The number of nitrogen functional groups attached to an aromatic ring is 1. The molecule has 0 heterocycles. The van der Waals surface area contributed by atoms with E-state index in [1.807, 2.05) is 42.5 Å². The summed E-state index contributed by atoms with van der Waals surface area (Å²) in [6.07, 6.45) is 0. The van der Waals surface area contributed by atoms with E-state index in [0.29, 0.717) is 12.3 Å². The Labute approximate surface area is 114 Å². The second-order valence-corrected chi connectivity index (χ2v) is 4.80. The Kier molecular flexibility index (Phi) is 4.23. The number of aliphatic hydroxyl groups is 1. The van der Waals surface area contributed by atoms with Crippen molar-refractivity contribution in [3.05, 3.63) is 58.1 Å². The van der Waals surface area contributed by atoms with Crippen LogP contribution in [0, 0.1) is 0 Å². The standard InChI is InChI=1S/C14H14BrNO2/c15-13-6-3-11(7-14(13)16)9-18-12-4-1-10(8-17)2-5-12/h1-7,17H,8-9,16H2. The maximum absolute atomic E-state index is 8.93. The van der Waals surface area contributed by atoms with Crippen LogP contribution < -0.4 is 10.5 Å². The van der Waals surface area contributed by atoms with Crippen LogP contribution in [0.15, 0.2) is 46.9 Å². The molecule has 0 aliphatic carbocycles. The summed E-state index contributed by atoms with van der Waals surface area (Å²) >= 11 is 3.35. The average molecular weight is 308 g/mol. The number of nitrogens with two attached hydrogens (primary N) is 1. The quantitative estimate of drug-likeness (QED) is 0.853. The van der Waals surface area contributed by atoms with Gasteiger partial charge in [-0.05, 0) is 51.3 Å². The molecule has 18 heavy (non-hydrogen) atoms. The van der Waals surface area contributed by atoms with Crippen LogP contribution in [0.2, 0.25) is 0 Å². The maximum atomic E-state index is 8.93. The summed E-state index contributed by atoms with van der Waals surface area (Å²) < 4.78 is 6.52. The highest BCUT2D eigenvalue weighted by Gasteiger charge is 2.00. The lowest BCUT2D eigenvalue weighted by Gasteiger charge is -2.08. The first-order valence-corrected chi connectivity index (χ1v) is 6.35. The van der Waals surface area contributed by atoms with Crippen molar-refractivity contribution in [1.29, 1.82) is 0 Å². The molecule has 0 spiro atoms. The number of aliphatic hydroxyl groups excluding tert-OH is 1. The van der Waals surface area contributed by atoms with Crippen LogP contribution in [0.25, 0.3) is 0 Å². The first-order chi connectivity index (χ1) is 8.69. The smallest absolute Gasteiger partial charge is 0.119 e. The zero-order valence-electron chi connectivity index (χ0n) is 9.77. The topological polar surface area (TPSA) is 55.5 Å². The molecule has 0 unspecified atom stereocenters. The van der Waals surface area contributed by atoms with E-state index >= 15 is 0 Å². The van der Waals surface area contributed by atoms with Gasteiger partial charge in [-0.25, -0.2) is 0 Å². The number of halogens is 1. The zero-order valence-corrected chi connectivity index (χ0v) is 11.4. The van der Waals surface area contributed by atoms with Crippen molar-refractivity contribution in [2.24, 2.45) is 0 Å². The molecule has 0 aromatic heterocycles. The van der Waals surface area contributed by atoms with Gasteiger partial charge >= 0.3 is 0 Å². The Morgan fingerprint density at radius 1 is 1.06 bits per heavy atom. The minimum Gasteiger partial charge on any atom is -0.489 e. The molecule has 0 amide bonds. The van der Waals surface area contributed by atoms with E-state index in [1.165, 1.54) is 0 Å². The molecule has 2 rings (SSSR count). The molecule has 3 nitrogen and oxygen atoms in total. The van der Waals surface area contributed by atoms with Gasteiger partial charge in [0.2, 0.25) is 0 Å². The van der Waals surface area contributed by atoms with E-state index in [-0.39, 0.29) is 6.61 Å². The Bertz CT molecular complexity index is 526. The van der Waals surface area contributed by atoms with E-state index in [9.17, 15) is 0 Å². The van der Waals surface area contributed by atoms with E-state index in [4.69, 9.17) is 15.6 Å². The lowest BCUT2D eigenvalue weighted by atomic mass is 10.2. The SMILES string of the molecule is Nc1cc(COc2ccc(CO)cc2)ccc1Br. The molecule has 0 atom stereocenters. The third-order valence-corrected chi connectivity index (χ3v) is 3.29. The van der Waals surface area contributed by atoms with E-state index in [2.05, 4.69) is 15.9 Å². The minimum atomic E-state index is 0.0452. The Morgan fingerprint density at radius 3 is 2.33 bits per heavy atom. The molecule has 0 aliphatic rings. The first-order valence-electron chi connectivity index (χ1n) is 5.55. The number of anilines is 1. The van der Waals surface area contributed by atoms with Gasteiger partial charge in [0.1, 0.15) is 12.4 Å². The average Bonchev–Trinajstić information content (AvgIpc) is 2.41. The normalized spacial score (nSPS) is 10.3. The summed E-state index contributed by atoms with van der Waals surface area (Å²) in [4.78, 5) is 0. The molecule has 0 saturated carbocycles. The summed E-state index contributed by atoms with van der Waals surface area (Å²) in [5.74, 6) is 0.772. The molecule has 0 bridgehead atoms. The third-order valence-electron chi connectivity index (χ3n) is 2.57. The number of rotatable bonds is 4. The summed E-state index contributed by atoms with van der Waals surface area (Å²) in [5, 5.41) is 8.93. The number of ether oxygens (including phenoxy) is 1. The fourth-order valence-corrected chi connectivity index (χ4v) is 1.79. The molecule has 3 N–H and O–H groups in total. The van der Waals surface area contributed by atoms with Gasteiger partial charge in [0.15, 0.2) is 0 Å². The summed E-state index contributed by atoms with van der Waals surface area (Å²) in [6.45, 7) is 0.513. The highest BCUT2D eigenvalue weighted by atomic mass is 79.9. The van der Waals surface area contributed by atoms with E-state index < -0.39 is 0 Å². The predicted octanol–water partition coefficient (Wildman–Crippen LogP) is 3.10. The molecule has 2 aromatic carbocycles. The summed E-state index contributed by atoms with van der Waals surface area (Å²) in [7, 11) is 0. The molecule has 2 aromatic rings. The van der Waals surface area contributed by atoms with Crippen molar-refractivity contribution in [1.82, 2.24) is 0 Å². The van der Waals surface area contributed by atoms with Crippen molar-refractivity contribution >= 4 is 21.6 Å². The van der Waals surface area contributed by atoms with Crippen molar-refractivity contribution in [3.63, 3.8) is 0 Å². The first kappa shape index (κ1) is 12.9. The van der Waals surface area contributed by atoms with Crippen LogP contribution in [-0.4, -0.2) is 5.11 Å². The molecular formula is C14H14BrNO2. The highest BCUT2D eigenvalue weighted by Crippen LogP contribution is 2.21. The van der Waals surface area contributed by atoms with Crippen molar-refractivity contribution in [2.75, 3.05) is 5.73 Å². The Balaban J connectivity index is 1.99. The van der Waals surface area contributed by atoms with Gasteiger partial charge in [-0.2, -0.15) is 0 Å². The highest BCUT2D eigenvalue weighted by molar-refractivity contribution is 9.10. The lowest BCUT2D eigenvalue weighted by Crippen LogP contribution is -1.97. The summed E-state index contributed by atoms with van der Waals surface area (Å²) in [6, 6.07) is 13.1. The Hall–Kier alpha value is -1.52.